The lowest BCUT2D eigenvalue weighted by Crippen LogP contribution is -2.16. The molecule has 0 bridgehead atoms. The van der Waals surface area contributed by atoms with E-state index >= 15 is 0 Å². The summed E-state index contributed by atoms with van der Waals surface area (Å²) >= 11 is 5.47. The van der Waals surface area contributed by atoms with Gasteiger partial charge in [0.05, 0.1) is 49.9 Å². The number of nitrogens with one attached hydrogen (secondary N) is 6. The fraction of sp³-hybridized carbons (Fsp3) is 0.121. The van der Waals surface area contributed by atoms with Crippen molar-refractivity contribution in [2.75, 3.05) is 7.11 Å². The molecule has 20 rings (SSSR count). The summed E-state index contributed by atoms with van der Waals surface area (Å²) in [5, 5.41) is 32.0. The number of H-pyrrole nitrogens is 6. The molecule has 20 nitrogen and oxygen atoms in total. The van der Waals surface area contributed by atoms with Gasteiger partial charge >= 0.3 is 11.4 Å². The highest BCUT2D eigenvalue weighted by Gasteiger charge is 2.26. The lowest BCUT2D eigenvalue weighted by molar-refractivity contribution is -0.382. The van der Waals surface area contributed by atoms with E-state index in [1.54, 1.807) is 67.8 Å². The number of benzene rings is 13. The molecule has 7 aromatic heterocycles. The summed E-state index contributed by atoms with van der Waals surface area (Å²) in [7, 11) is 0.157. The molecule has 6 N–H and O–H groups in total. The molecule has 20 aromatic rings. The summed E-state index contributed by atoms with van der Waals surface area (Å²) in [6.07, 6.45) is 3.97. The van der Waals surface area contributed by atoms with Gasteiger partial charge in [0.25, 0.3) is 27.8 Å². The maximum absolute atomic E-state index is 12.7. The number of pyridine rings is 6. The van der Waals surface area contributed by atoms with Crippen molar-refractivity contribution >= 4 is 96.3 Å². The minimum atomic E-state index is -1.48. The molecule has 0 aliphatic heterocycles. The minimum Gasteiger partial charge on any atom is -0.497 e. The number of hydrogen-bond acceptors (Lipinski definition) is 12. The van der Waals surface area contributed by atoms with Gasteiger partial charge in [-0.25, -0.2) is 0 Å². The normalized spacial score (nSPS) is 10.9. The van der Waals surface area contributed by atoms with E-state index in [4.69, 9.17) is 21.7 Å². The third-order valence-corrected chi connectivity index (χ3v) is 24.5. The average molecular weight is 1860 g/mol. The molecule has 0 unspecified atom stereocenters. The van der Waals surface area contributed by atoms with Crippen molar-refractivity contribution in [3.05, 3.63) is 466 Å². The monoisotopic (exact) mass is 1860 g/mol. The number of aryl methyl sites for hydroxylation is 9. The van der Waals surface area contributed by atoms with Crippen LogP contribution in [0, 0.1) is 98.6 Å². The molecular formula is C116H101N9O11SSi. The maximum atomic E-state index is 12.7. The molecule has 7 heterocycles. The Balaban J connectivity index is 0.000000126. The van der Waals surface area contributed by atoms with Crippen molar-refractivity contribution in [3.8, 4) is 96.2 Å². The van der Waals surface area contributed by atoms with Gasteiger partial charge < -0.3 is 43.9 Å². The summed E-state index contributed by atoms with van der Waals surface area (Å²) in [5.74, 6) is 4.74. The van der Waals surface area contributed by atoms with Crippen molar-refractivity contribution in [1.29, 1.82) is 0 Å². The van der Waals surface area contributed by atoms with Crippen LogP contribution in [0.4, 0.5) is 11.4 Å². The van der Waals surface area contributed by atoms with Crippen molar-refractivity contribution in [2.45, 2.75) is 88.6 Å². The van der Waals surface area contributed by atoms with Crippen LogP contribution in [0.25, 0.3) is 138 Å². The van der Waals surface area contributed by atoms with Gasteiger partial charge in [-0.15, -0.1) is 5.54 Å². The largest absolute Gasteiger partial charge is 0.497 e. The second kappa shape index (κ2) is 42.1. The number of rotatable bonds is 13. The van der Waals surface area contributed by atoms with Crippen LogP contribution in [0.5, 0.6) is 11.5 Å². The molecule has 0 aliphatic rings. The second-order valence-corrected chi connectivity index (χ2v) is 40.5. The molecule has 0 atom stereocenters. The minimum absolute atomic E-state index is 0.0308. The van der Waals surface area contributed by atoms with Crippen LogP contribution in [0.3, 0.4) is 0 Å². The van der Waals surface area contributed by atoms with Crippen LogP contribution in [0.15, 0.2) is 352 Å². The Morgan fingerprint density at radius 2 is 0.659 bits per heavy atom. The van der Waals surface area contributed by atoms with Gasteiger partial charge in [-0.05, 0) is 240 Å². The van der Waals surface area contributed by atoms with Crippen molar-refractivity contribution < 1.29 is 19.3 Å². The van der Waals surface area contributed by atoms with E-state index in [0.717, 1.165) is 138 Å². The maximum Gasteiger partial charge on any atom is 0.301 e. The Morgan fingerprint density at radius 3 is 1.08 bits per heavy atom. The third-order valence-electron chi connectivity index (χ3n) is 23.3. The smallest absolute Gasteiger partial charge is 0.301 e. The zero-order valence-electron chi connectivity index (χ0n) is 78.6. The van der Waals surface area contributed by atoms with Crippen LogP contribution in [0.2, 0.25) is 19.6 Å². The topological polar surface area (TPSA) is 290 Å². The van der Waals surface area contributed by atoms with Crippen LogP contribution in [-0.2, 0) is 6.61 Å². The lowest BCUT2D eigenvalue weighted by atomic mass is 10.0. The Hall–Kier alpha value is -17.0. The first kappa shape index (κ1) is 95.6. The van der Waals surface area contributed by atoms with Gasteiger partial charge in [0, 0.05) is 78.7 Å². The predicted molar refractivity (Wildman–Crippen MR) is 567 cm³/mol. The quantitative estimate of drug-likeness (QED) is 0.0207. The molecular weight excluding hydrogens is 1760 g/mol. The number of nitrogens with zero attached hydrogens (tertiary/aromatic N) is 3. The number of fused-ring (bicyclic) bond motifs is 6. The molecule has 0 fully saturated rings. The van der Waals surface area contributed by atoms with Crippen LogP contribution in [0.1, 0.15) is 61.2 Å². The number of ether oxygens (including phenoxy) is 2. The number of aromatic nitrogens is 7. The van der Waals surface area contributed by atoms with Gasteiger partial charge in [-0.3, -0.25) is 44.2 Å². The third kappa shape index (κ3) is 22.9. The number of methoxy groups -OCH3 is 1. The van der Waals surface area contributed by atoms with Crippen molar-refractivity contribution in [1.82, 2.24) is 34.5 Å². The molecule has 0 saturated carbocycles. The standard InChI is InChI=1S/C23H19NO2.C21H20N2O3Si.C21H18N2O2.C17H14N2O3.C17H15NO.C17H15NS/c1-16-7-8-19-14-22(24-23(25)21(19)13-16)18-9-11-20(12-10-18)26-15-17-5-3-2-4-6-17;1-14-5-10-17-18(13-14)21(24)22-19(20(17)23(25)26)16-8-6-15(7-9-16)11-12-27(2,3)4;1-14-5-10-17-18(13-14)21(24)22-19(20(17)23-11-3-4-12-23)15-6-8-16(25-2)9-7-15;1-10-3-6-12(7-4-10)15-16(19(21)22)13-8-5-11(2)9-14(13)17(20)18-15;2*1-11-3-6-13(7-4-11)16-10-14-8-5-12(2)9-15(14)17(19)18-16/h2-14H,15H2,1H3,(H,24,25);5-10,13H,1-4H3,(H,22,24);3-13H,1-2H3,(H,22,24);3-9H,1-2H3,(H,18,20);2*3-10H,1-2H3,(H,18,19). The Morgan fingerprint density at radius 1 is 0.333 bits per heavy atom. The summed E-state index contributed by atoms with van der Waals surface area (Å²) in [6.45, 7) is 24.9. The lowest BCUT2D eigenvalue weighted by Gasteiger charge is -2.15. The number of hydrogen-bond donors (Lipinski definition) is 6. The zero-order valence-corrected chi connectivity index (χ0v) is 80.4. The van der Waals surface area contributed by atoms with E-state index in [-0.39, 0.29) is 50.6 Å². The molecule has 0 amide bonds. The summed E-state index contributed by atoms with van der Waals surface area (Å²) in [4.78, 5) is 102. The fourth-order valence-corrected chi connectivity index (χ4v) is 16.8. The van der Waals surface area contributed by atoms with Crippen LogP contribution < -0.4 is 37.3 Å². The van der Waals surface area contributed by atoms with Gasteiger partial charge in [0.15, 0.2) is 0 Å². The van der Waals surface area contributed by atoms with Gasteiger partial charge in [-0.1, -0.05) is 264 Å². The van der Waals surface area contributed by atoms with E-state index in [1.807, 2.05) is 265 Å². The molecule has 686 valence electrons. The molecule has 22 heteroatoms. The zero-order chi connectivity index (χ0) is 97.8. The molecule has 138 heavy (non-hydrogen) atoms. The number of aromatic amines is 6. The second-order valence-electron chi connectivity index (χ2n) is 35.3. The van der Waals surface area contributed by atoms with E-state index in [0.29, 0.717) is 44.7 Å². The predicted octanol–water partition coefficient (Wildman–Crippen LogP) is 26.7. The van der Waals surface area contributed by atoms with E-state index in [2.05, 4.69) is 130 Å². The Bertz CT molecular complexity index is 8310. The van der Waals surface area contributed by atoms with E-state index < -0.39 is 17.9 Å². The highest BCUT2D eigenvalue weighted by Crippen LogP contribution is 2.38. The van der Waals surface area contributed by atoms with Crippen LogP contribution >= 0.6 is 12.2 Å². The molecule has 0 aliphatic carbocycles. The number of nitro groups is 2. The first-order chi connectivity index (χ1) is 66.2. The SMILES string of the molecule is COc1ccc(-c2[nH]c(=O)c3cc(C)ccc3c2-n2cccc2)cc1.Cc1ccc(-c2[nH]c(=O)c3cc(C)ccc3c2[N+](=O)[O-])cc1.Cc1ccc(-c2cc3ccc(C)cc3c(=O)[nH]2)cc1.Cc1ccc(-c2cc3ccc(C)cc3c(=S)[nH]2)cc1.Cc1ccc2c([N+](=O)[O-])c(-c3ccc(C#C[Si](C)(C)C)cc3)[nH]c(=O)c2c1.Cc1ccc2cc(-c3ccc(OCc4ccccc4)cc3)[nH]c(=O)c2c1. The van der Waals surface area contributed by atoms with Crippen LogP contribution in [-0.4, -0.2) is 59.5 Å². The van der Waals surface area contributed by atoms with E-state index in [1.165, 1.54) is 27.6 Å². The van der Waals surface area contributed by atoms with Crippen molar-refractivity contribution in [3.63, 3.8) is 0 Å². The molecule has 0 saturated heterocycles. The van der Waals surface area contributed by atoms with Gasteiger partial charge in [-0.2, -0.15) is 0 Å². The Labute approximate surface area is 802 Å². The highest BCUT2D eigenvalue weighted by molar-refractivity contribution is 7.71. The first-order valence-electron chi connectivity index (χ1n) is 44.9. The van der Waals surface area contributed by atoms with E-state index in [9.17, 15) is 44.2 Å². The highest BCUT2D eigenvalue weighted by atomic mass is 32.1. The summed E-state index contributed by atoms with van der Waals surface area (Å²) in [6, 6.07) is 101. The summed E-state index contributed by atoms with van der Waals surface area (Å²) < 4.78 is 13.9. The average Bonchev–Trinajstić information content (AvgIpc) is 1.18. The molecule has 0 radical (unpaired) electrons. The first-order valence-corrected chi connectivity index (χ1v) is 48.8. The Kier molecular flexibility index (Phi) is 29.1. The fourth-order valence-electron chi connectivity index (χ4n) is 16.0. The molecule has 13 aromatic carbocycles. The van der Waals surface area contributed by atoms with Gasteiger partial charge in [0.1, 0.15) is 42.2 Å². The molecule has 0 spiro atoms. The van der Waals surface area contributed by atoms with Crippen molar-refractivity contribution in [2.24, 2.45) is 0 Å². The summed E-state index contributed by atoms with van der Waals surface area (Å²) in [5.41, 5.74) is 24.3. The van der Waals surface area contributed by atoms with Gasteiger partial charge in [0.2, 0.25) is 0 Å².